The van der Waals surface area contributed by atoms with Gasteiger partial charge in [-0.2, -0.15) is 0 Å². The van der Waals surface area contributed by atoms with Crippen LogP contribution in [0.15, 0.2) is 0 Å². The van der Waals surface area contributed by atoms with Crippen LogP contribution >= 0.6 is 0 Å². The van der Waals surface area contributed by atoms with Crippen LogP contribution < -0.4 is 0 Å². The highest BCUT2D eigenvalue weighted by Gasteiger charge is 2.43. The van der Waals surface area contributed by atoms with Crippen molar-refractivity contribution in [3.8, 4) is 0 Å². The number of ether oxygens (including phenoxy) is 1. The molecule has 2 aliphatic rings. The zero-order valence-corrected chi connectivity index (χ0v) is 10.2. The molecule has 90 valence electrons. The summed E-state index contributed by atoms with van der Waals surface area (Å²) >= 11 is 0. The minimum absolute atomic E-state index is 0.0776. The van der Waals surface area contributed by atoms with E-state index in [1.807, 2.05) is 20.8 Å². The van der Waals surface area contributed by atoms with Crippen LogP contribution in [0.25, 0.3) is 0 Å². The van der Waals surface area contributed by atoms with E-state index in [9.17, 15) is 9.59 Å². The summed E-state index contributed by atoms with van der Waals surface area (Å²) in [6.07, 6.45) is 2.45. The number of likely N-dealkylation sites (tertiary alicyclic amines) is 1. The Labute approximate surface area is 95.9 Å². The Kier molecular flexibility index (Phi) is 2.68. The summed E-state index contributed by atoms with van der Waals surface area (Å²) in [4.78, 5) is 24.7. The van der Waals surface area contributed by atoms with Gasteiger partial charge < -0.3 is 4.74 Å². The molecule has 0 bridgehead atoms. The standard InChI is InChI=1S/C12H19NO3/c1-12(2,3)16-11(15)13-7-9(6-10(13)14)8-4-5-8/h8-9H,4-7H2,1-3H3. The van der Waals surface area contributed by atoms with E-state index in [0.717, 1.165) is 0 Å². The van der Waals surface area contributed by atoms with Gasteiger partial charge in [0.2, 0.25) is 5.91 Å². The van der Waals surface area contributed by atoms with E-state index in [1.165, 1.54) is 17.7 Å². The minimum atomic E-state index is -0.533. The van der Waals surface area contributed by atoms with Crippen LogP contribution in [0, 0.1) is 11.8 Å². The monoisotopic (exact) mass is 225 g/mol. The number of hydrogen-bond acceptors (Lipinski definition) is 3. The molecule has 1 saturated heterocycles. The molecule has 1 saturated carbocycles. The summed E-state index contributed by atoms with van der Waals surface area (Å²) in [6, 6.07) is 0. The van der Waals surface area contributed by atoms with Crippen molar-refractivity contribution in [1.29, 1.82) is 0 Å². The van der Waals surface area contributed by atoms with Gasteiger partial charge in [-0.05, 0) is 45.4 Å². The highest BCUT2D eigenvalue weighted by molar-refractivity contribution is 5.93. The van der Waals surface area contributed by atoms with Crippen LogP contribution in [0.3, 0.4) is 0 Å². The first-order valence-corrected chi connectivity index (χ1v) is 5.90. The molecule has 0 aromatic rings. The third-order valence-electron chi connectivity index (χ3n) is 3.06. The van der Waals surface area contributed by atoms with E-state index < -0.39 is 11.7 Å². The number of carbonyl (C=O) groups excluding carboxylic acids is 2. The van der Waals surface area contributed by atoms with Crippen molar-refractivity contribution < 1.29 is 14.3 Å². The average molecular weight is 225 g/mol. The molecule has 1 aliphatic carbocycles. The molecule has 0 N–H and O–H groups in total. The van der Waals surface area contributed by atoms with E-state index in [4.69, 9.17) is 4.74 Å². The molecule has 0 radical (unpaired) electrons. The highest BCUT2D eigenvalue weighted by atomic mass is 16.6. The lowest BCUT2D eigenvalue weighted by Gasteiger charge is -2.23. The van der Waals surface area contributed by atoms with Gasteiger partial charge in [-0.15, -0.1) is 0 Å². The van der Waals surface area contributed by atoms with E-state index in [2.05, 4.69) is 0 Å². The Balaban J connectivity index is 1.94. The summed E-state index contributed by atoms with van der Waals surface area (Å²) in [6.45, 7) is 5.98. The molecule has 2 amide bonds. The zero-order valence-electron chi connectivity index (χ0n) is 10.2. The lowest BCUT2D eigenvalue weighted by Crippen LogP contribution is -2.37. The molecular formula is C12H19NO3. The van der Waals surface area contributed by atoms with E-state index >= 15 is 0 Å². The fraction of sp³-hybridized carbons (Fsp3) is 0.833. The van der Waals surface area contributed by atoms with Crippen molar-refractivity contribution in [1.82, 2.24) is 4.90 Å². The molecule has 2 fully saturated rings. The van der Waals surface area contributed by atoms with Crippen molar-refractivity contribution in [2.45, 2.75) is 45.6 Å². The van der Waals surface area contributed by atoms with Crippen molar-refractivity contribution >= 4 is 12.0 Å². The summed E-state index contributed by atoms with van der Waals surface area (Å²) in [5, 5.41) is 0. The van der Waals surface area contributed by atoms with E-state index in [0.29, 0.717) is 24.8 Å². The Morgan fingerprint density at radius 2 is 1.94 bits per heavy atom. The number of imide groups is 1. The Bertz CT molecular complexity index is 315. The lowest BCUT2D eigenvalue weighted by atomic mass is 10.0. The van der Waals surface area contributed by atoms with Crippen LogP contribution in [0.4, 0.5) is 4.79 Å². The maximum atomic E-state index is 11.7. The SMILES string of the molecule is CC(C)(C)OC(=O)N1CC(C2CC2)CC1=O. The topological polar surface area (TPSA) is 46.6 Å². The minimum Gasteiger partial charge on any atom is -0.443 e. The first-order chi connectivity index (χ1) is 7.37. The summed E-state index contributed by atoms with van der Waals surface area (Å²) in [5.41, 5.74) is -0.533. The molecule has 0 spiro atoms. The third kappa shape index (κ3) is 2.54. The Hall–Kier alpha value is -1.06. The fourth-order valence-electron chi connectivity index (χ4n) is 2.11. The molecule has 16 heavy (non-hydrogen) atoms. The Morgan fingerprint density at radius 3 is 2.44 bits per heavy atom. The zero-order chi connectivity index (χ0) is 11.9. The molecule has 2 rings (SSSR count). The number of rotatable bonds is 1. The predicted octanol–water partition coefficient (Wildman–Crippen LogP) is 2.18. The summed E-state index contributed by atoms with van der Waals surface area (Å²) in [7, 11) is 0. The predicted molar refractivity (Wildman–Crippen MR) is 58.8 cm³/mol. The van der Waals surface area contributed by atoms with Crippen molar-refractivity contribution in [2.24, 2.45) is 11.8 Å². The van der Waals surface area contributed by atoms with Gasteiger partial charge in [0.25, 0.3) is 0 Å². The van der Waals surface area contributed by atoms with Gasteiger partial charge in [0.1, 0.15) is 5.60 Å². The average Bonchev–Trinajstić information content (AvgIpc) is 2.87. The molecule has 0 aromatic heterocycles. The van der Waals surface area contributed by atoms with Gasteiger partial charge in [0, 0.05) is 13.0 Å². The van der Waals surface area contributed by atoms with Crippen LogP contribution in [0.1, 0.15) is 40.0 Å². The fourth-order valence-corrected chi connectivity index (χ4v) is 2.11. The van der Waals surface area contributed by atoms with Gasteiger partial charge in [0.05, 0.1) is 0 Å². The van der Waals surface area contributed by atoms with Crippen molar-refractivity contribution in [2.75, 3.05) is 6.54 Å². The molecule has 4 nitrogen and oxygen atoms in total. The quantitative estimate of drug-likeness (QED) is 0.687. The van der Waals surface area contributed by atoms with Gasteiger partial charge in [-0.25, -0.2) is 9.69 Å². The second-order valence-corrected chi connectivity index (χ2v) is 5.79. The third-order valence-corrected chi connectivity index (χ3v) is 3.06. The summed E-state index contributed by atoms with van der Waals surface area (Å²) in [5.74, 6) is 0.961. The molecule has 1 aliphatic heterocycles. The van der Waals surface area contributed by atoms with E-state index in [-0.39, 0.29) is 5.91 Å². The molecule has 1 heterocycles. The van der Waals surface area contributed by atoms with Gasteiger partial charge in [-0.3, -0.25) is 4.79 Å². The van der Waals surface area contributed by atoms with Crippen molar-refractivity contribution in [3.05, 3.63) is 0 Å². The highest BCUT2D eigenvalue weighted by Crippen LogP contribution is 2.41. The van der Waals surface area contributed by atoms with E-state index in [1.54, 1.807) is 0 Å². The number of hydrogen-bond donors (Lipinski definition) is 0. The molecule has 4 heteroatoms. The van der Waals surface area contributed by atoms with Gasteiger partial charge >= 0.3 is 6.09 Å². The maximum Gasteiger partial charge on any atom is 0.417 e. The molecule has 1 atom stereocenters. The second kappa shape index (κ2) is 3.75. The summed E-state index contributed by atoms with van der Waals surface area (Å²) < 4.78 is 5.21. The number of amides is 2. The van der Waals surface area contributed by atoms with Gasteiger partial charge in [0.15, 0.2) is 0 Å². The second-order valence-electron chi connectivity index (χ2n) is 5.79. The first kappa shape index (κ1) is 11.4. The van der Waals surface area contributed by atoms with Crippen molar-refractivity contribution in [3.63, 3.8) is 0 Å². The van der Waals surface area contributed by atoms with Gasteiger partial charge in [-0.1, -0.05) is 0 Å². The maximum absolute atomic E-state index is 11.7. The Morgan fingerprint density at radius 1 is 1.31 bits per heavy atom. The number of carbonyl (C=O) groups is 2. The molecular weight excluding hydrogens is 206 g/mol. The normalized spacial score (nSPS) is 26.1. The molecule has 0 aromatic carbocycles. The number of nitrogens with zero attached hydrogens (tertiary/aromatic N) is 1. The smallest absolute Gasteiger partial charge is 0.417 e. The van der Waals surface area contributed by atoms with Crippen LogP contribution in [0.2, 0.25) is 0 Å². The lowest BCUT2D eigenvalue weighted by molar-refractivity contribution is -0.127. The van der Waals surface area contributed by atoms with Crippen LogP contribution in [-0.4, -0.2) is 29.0 Å². The van der Waals surface area contributed by atoms with Crippen LogP contribution in [0.5, 0.6) is 0 Å². The largest absolute Gasteiger partial charge is 0.443 e. The first-order valence-electron chi connectivity index (χ1n) is 5.90. The van der Waals surface area contributed by atoms with Crippen LogP contribution in [-0.2, 0) is 9.53 Å². The molecule has 1 unspecified atom stereocenters.